The number of rotatable bonds is 4. The van der Waals surface area contributed by atoms with E-state index in [1.807, 2.05) is 4.90 Å². The first-order valence-corrected chi connectivity index (χ1v) is 10.0. The van der Waals surface area contributed by atoms with Gasteiger partial charge in [0.05, 0.1) is 6.26 Å². The summed E-state index contributed by atoms with van der Waals surface area (Å²) in [5.74, 6) is 1.23. The highest BCUT2D eigenvalue weighted by Gasteiger charge is 2.25. The molecule has 1 saturated heterocycles. The highest BCUT2D eigenvalue weighted by Crippen LogP contribution is 2.21. The van der Waals surface area contributed by atoms with E-state index in [1.54, 1.807) is 19.2 Å². The Morgan fingerprint density at radius 1 is 1.17 bits per heavy atom. The van der Waals surface area contributed by atoms with Crippen LogP contribution in [0.15, 0.2) is 52.2 Å². The summed E-state index contributed by atoms with van der Waals surface area (Å²) in [4.78, 5) is 24.2. The number of carbonyl (C=O) groups is 1. The molecule has 8 heteroatoms. The standard InChI is InChI=1S/C22H27N5O2.HI/c1-16-5-3-6-18-17(15-25-20(16)18)8-9-24-22(23-2)27-12-10-26(11-13-27)21(28)19-7-4-14-29-19;/h3-7,14-15,25H,8-13H2,1-2H3,(H,23,24);1H. The molecule has 0 spiro atoms. The molecule has 0 saturated carbocycles. The van der Waals surface area contributed by atoms with Gasteiger partial charge in [0, 0.05) is 56.9 Å². The summed E-state index contributed by atoms with van der Waals surface area (Å²) in [6.45, 7) is 5.73. The molecular weight excluding hydrogens is 493 g/mol. The lowest BCUT2D eigenvalue weighted by Gasteiger charge is -2.36. The van der Waals surface area contributed by atoms with Gasteiger partial charge in [-0.05, 0) is 36.6 Å². The molecule has 3 heterocycles. The Balaban J connectivity index is 0.00000256. The van der Waals surface area contributed by atoms with E-state index in [4.69, 9.17) is 4.42 Å². The Kier molecular flexibility index (Phi) is 7.41. The number of H-pyrrole nitrogens is 1. The lowest BCUT2D eigenvalue weighted by molar-refractivity contribution is 0.0658. The van der Waals surface area contributed by atoms with E-state index in [9.17, 15) is 4.79 Å². The highest BCUT2D eigenvalue weighted by molar-refractivity contribution is 14.0. The van der Waals surface area contributed by atoms with Gasteiger partial charge in [-0.25, -0.2) is 0 Å². The summed E-state index contributed by atoms with van der Waals surface area (Å²) in [6.07, 6.45) is 4.55. The highest BCUT2D eigenvalue weighted by atomic mass is 127. The van der Waals surface area contributed by atoms with Gasteiger partial charge in [0.25, 0.3) is 5.91 Å². The van der Waals surface area contributed by atoms with Crippen molar-refractivity contribution < 1.29 is 9.21 Å². The van der Waals surface area contributed by atoms with E-state index >= 15 is 0 Å². The molecule has 0 radical (unpaired) electrons. The van der Waals surface area contributed by atoms with Crippen LogP contribution < -0.4 is 5.32 Å². The number of hydrogen-bond donors (Lipinski definition) is 2. The number of nitrogens with one attached hydrogen (secondary N) is 2. The molecule has 1 aliphatic heterocycles. The zero-order valence-corrected chi connectivity index (χ0v) is 19.7. The van der Waals surface area contributed by atoms with Crippen LogP contribution in [-0.2, 0) is 6.42 Å². The number of hydrogen-bond acceptors (Lipinski definition) is 3. The van der Waals surface area contributed by atoms with Gasteiger partial charge in [-0.3, -0.25) is 9.79 Å². The van der Waals surface area contributed by atoms with Crippen molar-refractivity contribution in [1.82, 2.24) is 20.1 Å². The minimum atomic E-state index is -0.0489. The van der Waals surface area contributed by atoms with Crippen LogP contribution in [0.2, 0.25) is 0 Å². The molecule has 1 aliphatic rings. The van der Waals surface area contributed by atoms with Gasteiger partial charge in [0.2, 0.25) is 0 Å². The minimum absolute atomic E-state index is 0. The maximum absolute atomic E-state index is 12.4. The molecule has 2 aromatic heterocycles. The Hall–Kier alpha value is -2.49. The normalized spacial score (nSPS) is 14.7. The van der Waals surface area contributed by atoms with Crippen molar-refractivity contribution in [3.8, 4) is 0 Å². The Morgan fingerprint density at radius 3 is 2.63 bits per heavy atom. The summed E-state index contributed by atoms with van der Waals surface area (Å²) in [5.41, 5.74) is 3.78. The van der Waals surface area contributed by atoms with Gasteiger partial charge in [0.15, 0.2) is 11.7 Å². The molecule has 1 fully saturated rings. The number of aromatic nitrogens is 1. The molecule has 1 aromatic carbocycles. The van der Waals surface area contributed by atoms with Crippen LogP contribution in [0.3, 0.4) is 0 Å². The molecule has 1 amide bonds. The summed E-state index contributed by atoms with van der Waals surface area (Å²) >= 11 is 0. The molecule has 0 unspecified atom stereocenters. The number of aromatic amines is 1. The molecule has 4 rings (SSSR count). The molecular formula is C22H28IN5O2. The first kappa shape index (κ1) is 22.2. The van der Waals surface area contributed by atoms with Crippen molar-refractivity contribution in [2.45, 2.75) is 13.3 Å². The third-order valence-corrected chi connectivity index (χ3v) is 5.50. The average Bonchev–Trinajstić information content (AvgIpc) is 3.42. The van der Waals surface area contributed by atoms with Crippen LogP contribution >= 0.6 is 24.0 Å². The quantitative estimate of drug-likeness (QED) is 0.314. The molecule has 3 aromatic rings. The maximum atomic E-state index is 12.4. The van der Waals surface area contributed by atoms with Gasteiger partial charge in [-0.2, -0.15) is 0 Å². The van der Waals surface area contributed by atoms with E-state index in [2.05, 4.69) is 51.5 Å². The van der Waals surface area contributed by atoms with E-state index in [-0.39, 0.29) is 29.9 Å². The topological polar surface area (TPSA) is 76.9 Å². The van der Waals surface area contributed by atoms with E-state index in [0.717, 1.165) is 32.0 Å². The number of halogens is 1. The summed E-state index contributed by atoms with van der Waals surface area (Å²) < 4.78 is 5.23. The average molecular weight is 521 g/mol. The van der Waals surface area contributed by atoms with E-state index < -0.39 is 0 Å². The van der Waals surface area contributed by atoms with Crippen molar-refractivity contribution in [2.24, 2.45) is 4.99 Å². The zero-order valence-electron chi connectivity index (χ0n) is 17.4. The molecule has 0 atom stereocenters. The number of nitrogens with zero attached hydrogens (tertiary/aromatic N) is 3. The van der Waals surface area contributed by atoms with Crippen LogP contribution in [0.1, 0.15) is 21.7 Å². The second-order valence-corrected chi connectivity index (χ2v) is 7.29. The van der Waals surface area contributed by atoms with Crippen LogP contribution in [-0.4, -0.2) is 66.4 Å². The van der Waals surface area contributed by atoms with E-state index in [0.29, 0.717) is 18.8 Å². The van der Waals surface area contributed by atoms with Gasteiger partial charge >= 0.3 is 0 Å². The fraction of sp³-hybridized carbons (Fsp3) is 0.364. The number of guanidine groups is 1. The number of benzene rings is 1. The third kappa shape index (κ3) is 4.63. The van der Waals surface area contributed by atoms with Crippen LogP contribution in [0.25, 0.3) is 10.9 Å². The van der Waals surface area contributed by atoms with Crippen molar-refractivity contribution in [3.05, 3.63) is 59.7 Å². The zero-order chi connectivity index (χ0) is 20.2. The first-order valence-electron chi connectivity index (χ1n) is 10.0. The van der Waals surface area contributed by atoms with Crippen molar-refractivity contribution in [3.63, 3.8) is 0 Å². The molecule has 30 heavy (non-hydrogen) atoms. The smallest absolute Gasteiger partial charge is 0.289 e. The number of piperazine rings is 1. The molecule has 7 nitrogen and oxygen atoms in total. The lowest BCUT2D eigenvalue weighted by Crippen LogP contribution is -2.53. The van der Waals surface area contributed by atoms with Crippen molar-refractivity contribution >= 4 is 46.7 Å². The second kappa shape index (κ2) is 10.0. The van der Waals surface area contributed by atoms with Crippen LogP contribution in [0, 0.1) is 6.92 Å². The van der Waals surface area contributed by atoms with Crippen molar-refractivity contribution in [1.29, 1.82) is 0 Å². The minimum Gasteiger partial charge on any atom is -0.459 e. The maximum Gasteiger partial charge on any atom is 0.289 e. The van der Waals surface area contributed by atoms with Gasteiger partial charge < -0.3 is 24.5 Å². The Morgan fingerprint density at radius 2 is 1.93 bits per heavy atom. The van der Waals surface area contributed by atoms with Gasteiger partial charge in [-0.15, -0.1) is 24.0 Å². The lowest BCUT2D eigenvalue weighted by atomic mass is 10.1. The monoisotopic (exact) mass is 521 g/mol. The fourth-order valence-electron chi connectivity index (χ4n) is 3.89. The summed E-state index contributed by atoms with van der Waals surface area (Å²) in [5, 5.41) is 4.75. The van der Waals surface area contributed by atoms with Crippen molar-refractivity contribution in [2.75, 3.05) is 39.8 Å². The number of para-hydroxylation sites is 1. The second-order valence-electron chi connectivity index (χ2n) is 7.29. The predicted molar refractivity (Wildman–Crippen MR) is 130 cm³/mol. The number of aryl methyl sites for hydroxylation is 1. The molecule has 0 aliphatic carbocycles. The number of carbonyl (C=O) groups excluding carboxylic acids is 1. The SMILES string of the molecule is CN=C(NCCc1c[nH]c2c(C)cccc12)N1CCN(C(=O)c2ccco2)CC1.I. The van der Waals surface area contributed by atoms with Crippen LogP contribution in [0.4, 0.5) is 0 Å². The third-order valence-electron chi connectivity index (χ3n) is 5.50. The van der Waals surface area contributed by atoms with Gasteiger partial charge in [-0.1, -0.05) is 18.2 Å². The first-order chi connectivity index (χ1) is 14.2. The summed E-state index contributed by atoms with van der Waals surface area (Å²) in [7, 11) is 1.80. The van der Waals surface area contributed by atoms with E-state index in [1.165, 1.54) is 28.3 Å². The van der Waals surface area contributed by atoms with Crippen LogP contribution in [0.5, 0.6) is 0 Å². The number of aliphatic imine (C=N–C) groups is 1. The summed E-state index contributed by atoms with van der Waals surface area (Å²) in [6, 6.07) is 9.84. The molecule has 0 bridgehead atoms. The fourth-order valence-corrected chi connectivity index (χ4v) is 3.89. The largest absolute Gasteiger partial charge is 0.459 e. The number of fused-ring (bicyclic) bond motifs is 1. The Bertz CT molecular complexity index is 1000. The Labute approximate surface area is 193 Å². The predicted octanol–water partition coefficient (Wildman–Crippen LogP) is 3.26. The molecule has 160 valence electrons. The molecule has 2 N–H and O–H groups in total. The number of amides is 1. The van der Waals surface area contributed by atoms with Gasteiger partial charge in [0.1, 0.15) is 0 Å². The number of furan rings is 1.